The third-order valence-electron chi connectivity index (χ3n) is 2.43. The molecule has 0 rings (SSSR count). The number of nitrogens with one attached hydrogen (secondary N) is 1. The van der Waals surface area contributed by atoms with Gasteiger partial charge in [0.15, 0.2) is 0 Å². The SMILES string of the molecule is CCCC(CCl)CC(=O)NC(CC)C(=O)O. The first kappa shape index (κ1) is 15.2. The molecular weight excluding hydrogens is 230 g/mol. The summed E-state index contributed by atoms with van der Waals surface area (Å²) in [6.45, 7) is 3.76. The number of amides is 1. The highest BCUT2D eigenvalue weighted by molar-refractivity contribution is 6.18. The molecule has 0 saturated carbocycles. The fourth-order valence-electron chi connectivity index (χ4n) is 1.50. The van der Waals surface area contributed by atoms with Crippen molar-refractivity contribution in [1.82, 2.24) is 5.32 Å². The molecule has 0 heterocycles. The van der Waals surface area contributed by atoms with E-state index in [0.29, 0.717) is 18.7 Å². The van der Waals surface area contributed by atoms with Crippen LogP contribution in [0.3, 0.4) is 0 Å². The number of halogens is 1. The van der Waals surface area contributed by atoms with Gasteiger partial charge in [-0.3, -0.25) is 4.79 Å². The molecule has 0 radical (unpaired) electrons. The van der Waals surface area contributed by atoms with E-state index in [1.54, 1.807) is 6.92 Å². The normalized spacial score (nSPS) is 14.2. The van der Waals surface area contributed by atoms with Crippen LogP contribution in [0.2, 0.25) is 0 Å². The van der Waals surface area contributed by atoms with E-state index in [1.165, 1.54) is 0 Å². The van der Waals surface area contributed by atoms with Gasteiger partial charge in [-0.25, -0.2) is 4.79 Å². The average molecular weight is 250 g/mol. The van der Waals surface area contributed by atoms with Gasteiger partial charge in [-0.05, 0) is 18.8 Å². The molecule has 0 saturated heterocycles. The van der Waals surface area contributed by atoms with Crippen LogP contribution in [-0.4, -0.2) is 28.9 Å². The lowest BCUT2D eigenvalue weighted by Gasteiger charge is -2.15. The van der Waals surface area contributed by atoms with Crippen molar-refractivity contribution in [1.29, 1.82) is 0 Å². The molecule has 0 spiro atoms. The Kier molecular flexibility index (Phi) is 7.99. The lowest BCUT2D eigenvalue weighted by molar-refractivity contribution is -0.142. The number of carbonyl (C=O) groups excluding carboxylic acids is 1. The number of hydrogen-bond acceptors (Lipinski definition) is 2. The number of carboxylic acid groups (broad SMARTS) is 1. The maximum absolute atomic E-state index is 11.5. The van der Waals surface area contributed by atoms with Crippen molar-refractivity contribution in [2.75, 3.05) is 5.88 Å². The van der Waals surface area contributed by atoms with Gasteiger partial charge in [-0.15, -0.1) is 11.6 Å². The highest BCUT2D eigenvalue weighted by atomic mass is 35.5. The molecule has 0 aromatic rings. The van der Waals surface area contributed by atoms with Gasteiger partial charge >= 0.3 is 5.97 Å². The van der Waals surface area contributed by atoms with Crippen LogP contribution >= 0.6 is 11.6 Å². The molecule has 0 aromatic heterocycles. The Balaban J connectivity index is 4.09. The minimum Gasteiger partial charge on any atom is -0.480 e. The van der Waals surface area contributed by atoms with E-state index in [4.69, 9.17) is 16.7 Å². The summed E-state index contributed by atoms with van der Waals surface area (Å²) in [5.74, 6) is -0.648. The Bertz CT molecular complexity index is 233. The number of alkyl halides is 1. The van der Waals surface area contributed by atoms with Gasteiger partial charge in [-0.2, -0.15) is 0 Å². The van der Waals surface area contributed by atoms with Gasteiger partial charge < -0.3 is 10.4 Å². The summed E-state index contributed by atoms with van der Waals surface area (Å²) in [5, 5.41) is 11.3. The van der Waals surface area contributed by atoms with Crippen LogP contribution in [0, 0.1) is 5.92 Å². The Hall–Kier alpha value is -0.770. The first-order valence-electron chi connectivity index (χ1n) is 5.63. The minimum atomic E-state index is -0.992. The number of hydrogen-bond donors (Lipinski definition) is 2. The summed E-state index contributed by atoms with van der Waals surface area (Å²) in [5.41, 5.74) is 0. The second-order valence-corrected chi connectivity index (χ2v) is 4.19. The third-order valence-corrected chi connectivity index (χ3v) is 2.87. The number of rotatable bonds is 8. The minimum absolute atomic E-state index is 0.137. The van der Waals surface area contributed by atoms with E-state index in [1.807, 2.05) is 6.92 Å². The average Bonchev–Trinajstić information content (AvgIpc) is 2.24. The lowest BCUT2D eigenvalue weighted by atomic mass is 10.0. The summed E-state index contributed by atoms with van der Waals surface area (Å²) in [6, 6.07) is -0.787. The fourth-order valence-corrected chi connectivity index (χ4v) is 1.76. The molecule has 0 aliphatic heterocycles. The summed E-state index contributed by atoms with van der Waals surface area (Å²) in [4.78, 5) is 22.2. The Morgan fingerprint density at radius 2 is 2.00 bits per heavy atom. The van der Waals surface area contributed by atoms with Gasteiger partial charge in [-0.1, -0.05) is 20.3 Å². The van der Waals surface area contributed by atoms with Crippen molar-refractivity contribution < 1.29 is 14.7 Å². The van der Waals surface area contributed by atoms with Crippen molar-refractivity contribution in [3.63, 3.8) is 0 Å². The first-order valence-corrected chi connectivity index (χ1v) is 6.16. The van der Waals surface area contributed by atoms with Gasteiger partial charge in [0.1, 0.15) is 6.04 Å². The Morgan fingerprint density at radius 1 is 1.38 bits per heavy atom. The van der Waals surface area contributed by atoms with E-state index in [0.717, 1.165) is 12.8 Å². The molecule has 0 aliphatic carbocycles. The molecule has 2 unspecified atom stereocenters. The highest BCUT2D eigenvalue weighted by Gasteiger charge is 2.19. The summed E-state index contributed by atoms with van der Waals surface area (Å²) < 4.78 is 0. The first-order chi connectivity index (χ1) is 7.54. The van der Waals surface area contributed by atoms with Gasteiger partial charge in [0.05, 0.1) is 0 Å². The zero-order valence-electron chi connectivity index (χ0n) is 9.83. The van der Waals surface area contributed by atoms with Crippen LogP contribution in [0.15, 0.2) is 0 Å². The van der Waals surface area contributed by atoms with Crippen molar-refractivity contribution in [2.45, 2.75) is 45.6 Å². The molecule has 94 valence electrons. The molecule has 2 atom stereocenters. The molecule has 5 heteroatoms. The zero-order chi connectivity index (χ0) is 12.6. The molecule has 1 amide bonds. The van der Waals surface area contributed by atoms with E-state index in [9.17, 15) is 9.59 Å². The van der Waals surface area contributed by atoms with Crippen LogP contribution in [0.4, 0.5) is 0 Å². The van der Waals surface area contributed by atoms with Crippen LogP contribution in [-0.2, 0) is 9.59 Å². The van der Waals surface area contributed by atoms with Crippen molar-refractivity contribution >= 4 is 23.5 Å². The maximum Gasteiger partial charge on any atom is 0.326 e. The predicted octanol–water partition coefficient (Wildman–Crippen LogP) is 2.01. The number of carbonyl (C=O) groups is 2. The molecule has 16 heavy (non-hydrogen) atoms. The predicted molar refractivity (Wildman–Crippen MR) is 63.6 cm³/mol. The van der Waals surface area contributed by atoms with E-state index in [2.05, 4.69) is 5.32 Å². The quantitative estimate of drug-likeness (QED) is 0.647. The molecule has 0 fully saturated rings. The smallest absolute Gasteiger partial charge is 0.326 e. The molecule has 0 aromatic carbocycles. The molecular formula is C11H20ClNO3. The summed E-state index contributed by atoms with van der Waals surface area (Å²) in [6.07, 6.45) is 2.56. The van der Waals surface area contributed by atoms with Crippen LogP contribution in [0.1, 0.15) is 39.5 Å². The Labute approximate surface area is 101 Å². The van der Waals surface area contributed by atoms with Crippen molar-refractivity contribution in [2.24, 2.45) is 5.92 Å². The molecule has 0 bridgehead atoms. The highest BCUT2D eigenvalue weighted by Crippen LogP contribution is 2.13. The topological polar surface area (TPSA) is 66.4 Å². The largest absolute Gasteiger partial charge is 0.480 e. The van der Waals surface area contributed by atoms with E-state index < -0.39 is 12.0 Å². The van der Waals surface area contributed by atoms with Gasteiger partial charge in [0.2, 0.25) is 5.91 Å². The van der Waals surface area contributed by atoms with Crippen LogP contribution < -0.4 is 5.32 Å². The number of aliphatic carboxylic acids is 1. The third kappa shape index (κ3) is 5.95. The standard InChI is InChI=1S/C11H20ClNO3/c1-3-5-8(7-12)6-10(14)13-9(4-2)11(15)16/h8-9H,3-7H2,1-2H3,(H,13,14)(H,15,16). The molecule has 2 N–H and O–H groups in total. The lowest BCUT2D eigenvalue weighted by Crippen LogP contribution is -2.40. The molecule has 4 nitrogen and oxygen atoms in total. The van der Waals surface area contributed by atoms with E-state index >= 15 is 0 Å². The summed E-state index contributed by atoms with van der Waals surface area (Å²) >= 11 is 5.73. The van der Waals surface area contributed by atoms with Crippen molar-refractivity contribution in [3.8, 4) is 0 Å². The zero-order valence-corrected chi connectivity index (χ0v) is 10.6. The second-order valence-electron chi connectivity index (χ2n) is 3.88. The van der Waals surface area contributed by atoms with E-state index in [-0.39, 0.29) is 11.8 Å². The van der Waals surface area contributed by atoms with Crippen molar-refractivity contribution in [3.05, 3.63) is 0 Å². The second kappa shape index (κ2) is 8.39. The fraction of sp³-hybridized carbons (Fsp3) is 0.818. The van der Waals surface area contributed by atoms with Crippen LogP contribution in [0.5, 0.6) is 0 Å². The van der Waals surface area contributed by atoms with Crippen LogP contribution in [0.25, 0.3) is 0 Å². The molecule has 0 aliphatic rings. The monoisotopic (exact) mass is 249 g/mol. The number of carboxylic acids is 1. The van der Waals surface area contributed by atoms with Gasteiger partial charge in [0.25, 0.3) is 0 Å². The summed E-state index contributed by atoms with van der Waals surface area (Å²) in [7, 11) is 0. The van der Waals surface area contributed by atoms with Gasteiger partial charge in [0, 0.05) is 12.3 Å². The maximum atomic E-state index is 11.5. The Morgan fingerprint density at radius 3 is 2.38 bits per heavy atom.